The number of non-ortho nitro benzene ring substituents is 1. The Hall–Kier alpha value is -2.59. The molecule has 0 radical (unpaired) electrons. The summed E-state index contributed by atoms with van der Waals surface area (Å²) in [5.74, 6) is -0.216. The highest BCUT2D eigenvalue weighted by atomic mass is 32.2. The molecular formula is C14H11N5O3S2. The second-order valence-corrected chi connectivity index (χ2v) is 6.99. The maximum absolute atomic E-state index is 12.3. The molecule has 1 aliphatic heterocycles. The van der Waals surface area contributed by atoms with Gasteiger partial charge in [-0.25, -0.2) is 0 Å². The van der Waals surface area contributed by atoms with Gasteiger partial charge in [-0.15, -0.1) is 10.2 Å². The largest absolute Gasteiger partial charge is 0.289 e. The van der Waals surface area contributed by atoms with Crippen molar-refractivity contribution >= 4 is 51.1 Å². The molecular weight excluding hydrogens is 350 g/mol. The van der Waals surface area contributed by atoms with Crippen molar-refractivity contribution in [2.75, 3.05) is 7.05 Å². The molecule has 1 saturated heterocycles. The zero-order chi connectivity index (χ0) is 17.3. The van der Waals surface area contributed by atoms with E-state index in [1.807, 2.05) is 6.92 Å². The van der Waals surface area contributed by atoms with E-state index in [0.29, 0.717) is 20.8 Å². The molecule has 10 heteroatoms. The quantitative estimate of drug-likeness (QED) is 0.473. The van der Waals surface area contributed by atoms with Gasteiger partial charge in [0, 0.05) is 19.2 Å². The van der Waals surface area contributed by atoms with Crippen LogP contribution in [0, 0.1) is 17.0 Å². The van der Waals surface area contributed by atoms with Crippen molar-refractivity contribution < 1.29 is 9.72 Å². The molecule has 0 spiro atoms. The van der Waals surface area contributed by atoms with E-state index in [-0.39, 0.29) is 11.6 Å². The maximum Gasteiger partial charge on any atom is 0.270 e. The molecule has 8 nitrogen and oxygen atoms in total. The second kappa shape index (κ2) is 6.49. The molecule has 0 unspecified atom stereocenters. The molecule has 0 atom stereocenters. The first-order valence-electron chi connectivity index (χ1n) is 6.75. The van der Waals surface area contributed by atoms with Crippen LogP contribution >= 0.6 is 23.1 Å². The molecule has 1 fully saturated rings. The Bertz CT molecular complexity index is 890. The fourth-order valence-electron chi connectivity index (χ4n) is 1.94. The Kier molecular flexibility index (Phi) is 4.40. The van der Waals surface area contributed by atoms with Crippen LogP contribution in [-0.2, 0) is 4.79 Å². The lowest BCUT2D eigenvalue weighted by Crippen LogP contribution is -2.23. The Labute approximate surface area is 145 Å². The van der Waals surface area contributed by atoms with Crippen LogP contribution in [-0.4, -0.2) is 38.1 Å². The summed E-state index contributed by atoms with van der Waals surface area (Å²) in [6.07, 6.45) is 1.62. The summed E-state index contributed by atoms with van der Waals surface area (Å²) in [5, 5.41) is 20.4. The molecule has 0 bridgehead atoms. The van der Waals surface area contributed by atoms with Gasteiger partial charge in [0.05, 0.1) is 9.83 Å². The lowest BCUT2D eigenvalue weighted by atomic mass is 10.2. The first kappa shape index (κ1) is 16.3. The number of nitro groups is 1. The Balaban J connectivity index is 1.90. The van der Waals surface area contributed by atoms with E-state index >= 15 is 0 Å². The Morgan fingerprint density at radius 3 is 2.83 bits per heavy atom. The number of nitrogens with zero attached hydrogens (tertiary/aromatic N) is 5. The molecule has 24 heavy (non-hydrogen) atoms. The first-order chi connectivity index (χ1) is 11.4. The summed E-state index contributed by atoms with van der Waals surface area (Å²) in [7, 11) is 1.62. The standard InChI is InChI=1S/C14H11N5O3S2/c1-8-16-17-13(23-8)15-14-18(2)12(20)11(24-14)7-9-4-3-5-10(6-9)19(21)22/h3-7H,1-2H3/b11-7-,15-14+. The molecule has 122 valence electrons. The van der Waals surface area contributed by atoms with E-state index < -0.39 is 4.92 Å². The zero-order valence-electron chi connectivity index (χ0n) is 12.7. The number of nitro benzene ring substituents is 1. The number of likely N-dealkylation sites (N-methyl/N-ethyl adjacent to an activating group) is 1. The number of aromatic nitrogens is 2. The minimum atomic E-state index is -0.470. The van der Waals surface area contributed by atoms with Gasteiger partial charge in [0.2, 0.25) is 5.13 Å². The average Bonchev–Trinajstić information content (AvgIpc) is 3.07. The number of hydrogen-bond donors (Lipinski definition) is 0. The number of amidine groups is 1. The smallest absolute Gasteiger partial charge is 0.270 e. The molecule has 1 aromatic carbocycles. The average molecular weight is 361 g/mol. The number of benzene rings is 1. The van der Waals surface area contributed by atoms with Crippen LogP contribution in [0.2, 0.25) is 0 Å². The third kappa shape index (κ3) is 3.34. The van der Waals surface area contributed by atoms with Crippen LogP contribution in [0.4, 0.5) is 10.8 Å². The summed E-state index contributed by atoms with van der Waals surface area (Å²) in [6.45, 7) is 1.83. The number of thioether (sulfide) groups is 1. The van der Waals surface area contributed by atoms with Crippen molar-refractivity contribution in [2.45, 2.75) is 6.92 Å². The zero-order valence-corrected chi connectivity index (χ0v) is 14.3. The highest BCUT2D eigenvalue weighted by Crippen LogP contribution is 2.33. The number of aliphatic imine (C=N–C) groups is 1. The highest BCUT2D eigenvalue weighted by Gasteiger charge is 2.30. The van der Waals surface area contributed by atoms with Crippen molar-refractivity contribution in [2.24, 2.45) is 4.99 Å². The number of aryl methyl sites for hydroxylation is 1. The molecule has 1 amide bonds. The molecule has 0 aliphatic carbocycles. The van der Waals surface area contributed by atoms with Gasteiger partial charge < -0.3 is 0 Å². The molecule has 0 saturated carbocycles. The lowest BCUT2D eigenvalue weighted by molar-refractivity contribution is -0.384. The number of carbonyl (C=O) groups is 1. The molecule has 3 rings (SSSR count). The molecule has 2 heterocycles. The van der Waals surface area contributed by atoms with Crippen molar-refractivity contribution in [3.05, 3.63) is 49.9 Å². The van der Waals surface area contributed by atoms with Crippen LogP contribution in [0.3, 0.4) is 0 Å². The molecule has 2 aromatic rings. The van der Waals surface area contributed by atoms with Crippen LogP contribution in [0.25, 0.3) is 6.08 Å². The lowest BCUT2D eigenvalue weighted by Gasteiger charge is -2.05. The van der Waals surface area contributed by atoms with E-state index in [0.717, 1.165) is 5.01 Å². The van der Waals surface area contributed by atoms with Crippen LogP contribution in [0.1, 0.15) is 10.6 Å². The summed E-state index contributed by atoms with van der Waals surface area (Å²) in [6, 6.07) is 6.11. The monoisotopic (exact) mass is 361 g/mol. The van der Waals surface area contributed by atoms with Crippen LogP contribution in [0.5, 0.6) is 0 Å². The first-order valence-corrected chi connectivity index (χ1v) is 8.38. The molecule has 1 aliphatic rings. The van der Waals surface area contributed by atoms with Gasteiger partial charge in [0.15, 0.2) is 5.17 Å². The topological polar surface area (TPSA) is 102 Å². The van der Waals surface area contributed by atoms with Crippen LogP contribution < -0.4 is 0 Å². The highest BCUT2D eigenvalue weighted by molar-refractivity contribution is 8.18. The summed E-state index contributed by atoms with van der Waals surface area (Å²) in [5.41, 5.74) is 0.563. The van der Waals surface area contributed by atoms with Gasteiger partial charge in [-0.2, -0.15) is 4.99 Å². The van der Waals surface area contributed by atoms with Gasteiger partial charge in [-0.1, -0.05) is 23.5 Å². The fourth-order valence-corrected chi connectivity index (χ4v) is 3.53. The second-order valence-electron chi connectivity index (χ2n) is 4.82. The Morgan fingerprint density at radius 1 is 1.38 bits per heavy atom. The van der Waals surface area contributed by atoms with Crippen molar-refractivity contribution in [1.82, 2.24) is 15.1 Å². The summed E-state index contributed by atoms with van der Waals surface area (Å²) >= 11 is 2.53. The third-order valence-electron chi connectivity index (χ3n) is 3.09. The van der Waals surface area contributed by atoms with Gasteiger partial charge in [-0.05, 0) is 30.3 Å². The van der Waals surface area contributed by atoms with Gasteiger partial charge in [0.1, 0.15) is 5.01 Å². The minimum absolute atomic E-state index is 0.0219. The maximum atomic E-state index is 12.3. The van der Waals surface area contributed by atoms with E-state index in [1.54, 1.807) is 25.3 Å². The van der Waals surface area contributed by atoms with Crippen molar-refractivity contribution in [3.8, 4) is 0 Å². The minimum Gasteiger partial charge on any atom is -0.289 e. The predicted octanol–water partition coefficient (Wildman–Crippen LogP) is 2.99. The summed E-state index contributed by atoms with van der Waals surface area (Å²) in [4.78, 5) is 28.9. The number of carbonyl (C=O) groups excluding carboxylic acids is 1. The van der Waals surface area contributed by atoms with E-state index in [2.05, 4.69) is 15.2 Å². The fraction of sp³-hybridized carbons (Fsp3) is 0.143. The third-order valence-corrected chi connectivity index (χ3v) is 4.88. The van der Waals surface area contributed by atoms with Crippen molar-refractivity contribution in [1.29, 1.82) is 0 Å². The van der Waals surface area contributed by atoms with E-state index in [9.17, 15) is 14.9 Å². The SMILES string of the molecule is Cc1nnc(/N=C2/S/C(=C\c3cccc([N+](=O)[O-])c3)C(=O)N2C)s1. The van der Waals surface area contributed by atoms with Gasteiger partial charge in [-0.3, -0.25) is 19.8 Å². The Morgan fingerprint density at radius 2 is 2.17 bits per heavy atom. The number of rotatable bonds is 3. The van der Waals surface area contributed by atoms with E-state index in [4.69, 9.17) is 0 Å². The summed E-state index contributed by atoms with van der Waals surface area (Å²) < 4.78 is 0. The number of amides is 1. The van der Waals surface area contributed by atoms with Crippen molar-refractivity contribution in [3.63, 3.8) is 0 Å². The van der Waals surface area contributed by atoms with Gasteiger partial charge in [0.25, 0.3) is 11.6 Å². The van der Waals surface area contributed by atoms with Gasteiger partial charge >= 0.3 is 0 Å². The molecule has 1 aromatic heterocycles. The molecule has 0 N–H and O–H groups in total. The van der Waals surface area contributed by atoms with Crippen LogP contribution in [0.15, 0.2) is 34.2 Å². The normalized spacial score (nSPS) is 17.9. The van der Waals surface area contributed by atoms with E-state index in [1.165, 1.54) is 40.1 Å². The number of hydrogen-bond acceptors (Lipinski definition) is 8. The predicted molar refractivity (Wildman–Crippen MR) is 93.2 cm³/mol.